The van der Waals surface area contributed by atoms with Crippen molar-refractivity contribution in [2.24, 2.45) is 0 Å². The fourth-order valence-electron chi connectivity index (χ4n) is 1.86. The lowest BCUT2D eigenvalue weighted by atomic mass is 9.90. The summed E-state index contributed by atoms with van der Waals surface area (Å²) < 4.78 is 1.19. The van der Waals surface area contributed by atoms with E-state index in [2.05, 4.69) is 72.5 Å². The van der Waals surface area contributed by atoms with E-state index in [1.54, 1.807) is 0 Å². The molecule has 1 N–H and O–H groups in total. The molecule has 0 radical (unpaired) electrons. The van der Waals surface area contributed by atoms with Crippen LogP contribution in [-0.4, -0.2) is 37.1 Å². The Balaban J connectivity index is 2.78. The molecule has 0 amide bonds. The highest BCUT2D eigenvalue weighted by Crippen LogP contribution is 2.25. The summed E-state index contributed by atoms with van der Waals surface area (Å²) in [5, 5.41) is 5.86. The van der Waals surface area contributed by atoms with Crippen molar-refractivity contribution in [3.05, 3.63) is 20.8 Å². The highest BCUT2D eigenvalue weighted by Gasteiger charge is 2.31. The summed E-state index contributed by atoms with van der Waals surface area (Å²) in [6.45, 7) is 7.91. The standard InChI is InChI=1S/C14H25BrN2S/c1-6-7-16-13(14(2,3)17(4)5)9-12-8-11(15)10-18-12/h8,10,13,16H,6-7,9H2,1-5H3. The summed E-state index contributed by atoms with van der Waals surface area (Å²) in [7, 11) is 4.32. The average Bonchev–Trinajstić information content (AvgIpc) is 2.69. The number of hydrogen-bond donors (Lipinski definition) is 1. The van der Waals surface area contributed by atoms with Gasteiger partial charge in [0.25, 0.3) is 0 Å². The summed E-state index contributed by atoms with van der Waals surface area (Å²) >= 11 is 5.37. The molecule has 1 aromatic rings. The van der Waals surface area contributed by atoms with Gasteiger partial charge in [-0.05, 0) is 69.3 Å². The van der Waals surface area contributed by atoms with Crippen LogP contribution in [0.15, 0.2) is 15.9 Å². The zero-order chi connectivity index (χ0) is 13.8. The average molecular weight is 333 g/mol. The molecule has 0 saturated carbocycles. The van der Waals surface area contributed by atoms with Crippen LogP contribution in [0.2, 0.25) is 0 Å². The van der Waals surface area contributed by atoms with Gasteiger partial charge in [-0.25, -0.2) is 0 Å². The first-order chi connectivity index (χ1) is 8.37. The van der Waals surface area contributed by atoms with Gasteiger partial charge in [-0.15, -0.1) is 11.3 Å². The Kier molecular flexibility index (Phi) is 6.31. The van der Waals surface area contributed by atoms with E-state index in [4.69, 9.17) is 0 Å². The van der Waals surface area contributed by atoms with Gasteiger partial charge in [0.1, 0.15) is 0 Å². The van der Waals surface area contributed by atoms with Crippen molar-refractivity contribution >= 4 is 27.3 Å². The first-order valence-electron chi connectivity index (χ1n) is 6.51. The second-order valence-electron chi connectivity index (χ2n) is 5.49. The molecule has 0 fully saturated rings. The topological polar surface area (TPSA) is 15.3 Å². The molecule has 104 valence electrons. The van der Waals surface area contributed by atoms with Gasteiger partial charge in [-0.2, -0.15) is 0 Å². The van der Waals surface area contributed by atoms with Crippen LogP contribution in [0.5, 0.6) is 0 Å². The molecular weight excluding hydrogens is 308 g/mol. The van der Waals surface area contributed by atoms with Crippen molar-refractivity contribution < 1.29 is 0 Å². The molecule has 1 aromatic heterocycles. The lowest BCUT2D eigenvalue weighted by Gasteiger charge is -2.40. The number of halogens is 1. The molecule has 0 aliphatic rings. The molecule has 0 spiro atoms. The summed E-state index contributed by atoms with van der Waals surface area (Å²) in [6.07, 6.45) is 2.26. The van der Waals surface area contributed by atoms with E-state index in [0.29, 0.717) is 6.04 Å². The molecule has 1 unspecified atom stereocenters. The van der Waals surface area contributed by atoms with Gasteiger partial charge in [0.15, 0.2) is 0 Å². The largest absolute Gasteiger partial charge is 0.312 e. The van der Waals surface area contributed by atoms with Crippen molar-refractivity contribution in [3.63, 3.8) is 0 Å². The van der Waals surface area contributed by atoms with Gasteiger partial charge >= 0.3 is 0 Å². The molecule has 0 aromatic carbocycles. The number of hydrogen-bond acceptors (Lipinski definition) is 3. The summed E-state index contributed by atoms with van der Waals surface area (Å²) in [5.41, 5.74) is 0.144. The van der Waals surface area contributed by atoms with Gasteiger partial charge in [0, 0.05) is 26.3 Å². The quantitative estimate of drug-likeness (QED) is 0.817. The van der Waals surface area contributed by atoms with Gasteiger partial charge in [0.2, 0.25) is 0 Å². The Morgan fingerprint density at radius 3 is 2.56 bits per heavy atom. The minimum absolute atomic E-state index is 0.144. The number of nitrogens with one attached hydrogen (secondary N) is 1. The molecular formula is C14H25BrN2S. The second-order valence-corrected chi connectivity index (χ2v) is 7.40. The molecule has 18 heavy (non-hydrogen) atoms. The lowest BCUT2D eigenvalue weighted by molar-refractivity contribution is 0.137. The predicted octanol–water partition coefficient (Wildman–Crippen LogP) is 3.76. The molecule has 2 nitrogen and oxygen atoms in total. The molecule has 1 heterocycles. The van der Waals surface area contributed by atoms with Gasteiger partial charge in [-0.3, -0.25) is 0 Å². The highest BCUT2D eigenvalue weighted by atomic mass is 79.9. The van der Waals surface area contributed by atoms with E-state index < -0.39 is 0 Å². The lowest BCUT2D eigenvalue weighted by Crippen LogP contribution is -2.56. The van der Waals surface area contributed by atoms with Crippen molar-refractivity contribution in [2.45, 2.75) is 45.2 Å². The predicted molar refractivity (Wildman–Crippen MR) is 85.6 cm³/mol. The number of nitrogens with zero attached hydrogens (tertiary/aromatic N) is 1. The van der Waals surface area contributed by atoms with E-state index >= 15 is 0 Å². The molecule has 0 aliphatic carbocycles. The molecule has 0 aliphatic heterocycles. The van der Waals surface area contributed by atoms with E-state index in [1.165, 1.54) is 15.8 Å². The first-order valence-corrected chi connectivity index (χ1v) is 8.19. The van der Waals surface area contributed by atoms with Crippen LogP contribution in [0.25, 0.3) is 0 Å². The van der Waals surface area contributed by atoms with Crippen LogP contribution in [0.3, 0.4) is 0 Å². The third kappa shape index (κ3) is 4.34. The van der Waals surface area contributed by atoms with Crippen molar-refractivity contribution in [1.29, 1.82) is 0 Å². The van der Waals surface area contributed by atoms with Crippen molar-refractivity contribution in [1.82, 2.24) is 10.2 Å². The Bertz CT molecular complexity index is 360. The van der Waals surface area contributed by atoms with Crippen LogP contribution in [0.1, 0.15) is 32.1 Å². The van der Waals surface area contributed by atoms with E-state index in [9.17, 15) is 0 Å². The zero-order valence-electron chi connectivity index (χ0n) is 12.1. The summed E-state index contributed by atoms with van der Waals surface area (Å²) in [4.78, 5) is 3.74. The highest BCUT2D eigenvalue weighted by molar-refractivity contribution is 9.10. The fraction of sp³-hybridized carbons (Fsp3) is 0.714. The van der Waals surface area contributed by atoms with Crippen LogP contribution in [0.4, 0.5) is 0 Å². The number of thiophene rings is 1. The molecule has 1 atom stereocenters. The van der Waals surface area contributed by atoms with Gasteiger partial charge in [-0.1, -0.05) is 6.92 Å². The number of rotatable bonds is 7. The van der Waals surface area contributed by atoms with Crippen LogP contribution in [-0.2, 0) is 6.42 Å². The first kappa shape index (κ1) is 16.2. The third-order valence-electron chi connectivity index (χ3n) is 3.67. The minimum Gasteiger partial charge on any atom is -0.312 e. The Morgan fingerprint density at radius 2 is 2.11 bits per heavy atom. The zero-order valence-corrected chi connectivity index (χ0v) is 14.5. The van der Waals surface area contributed by atoms with Crippen LogP contribution in [0, 0.1) is 0 Å². The van der Waals surface area contributed by atoms with Crippen LogP contribution >= 0.6 is 27.3 Å². The van der Waals surface area contributed by atoms with Crippen LogP contribution < -0.4 is 5.32 Å². The Labute approximate surface area is 124 Å². The molecule has 0 saturated heterocycles. The van der Waals surface area contributed by atoms with E-state index in [-0.39, 0.29) is 5.54 Å². The molecule has 1 rings (SSSR count). The van der Waals surface area contributed by atoms with Gasteiger partial charge in [0.05, 0.1) is 0 Å². The fourth-order valence-corrected chi connectivity index (χ4v) is 3.36. The monoisotopic (exact) mass is 332 g/mol. The number of likely N-dealkylation sites (N-methyl/N-ethyl adjacent to an activating group) is 1. The third-order valence-corrected chi connectivity index (χ3v) is 5.39. The SMILES string of the molecule is CCCNC(Cc1cc(Br)cs1)C(C)(C)N(C)C. The smallest absolute Gasteiger partial charge is 0.0303 e. The maximum Gasteiger partial charge on any atom is 0.0303 e. The Hall–Kier alpha value is 0.1000. The van der Waals surface area contributed by atoms with Crippen molar-refractivity contribution in [3.8, 4) is 0 Å². The molecule has 4 heteroatoms. The summed E-state index contributed by atoms with van der Waals surface area (Å²) in [5.74, 6) is 0. The van der Waals surface area contributed by atoms with E-state index in [1.807, 2.05) is 11.3 Å². The maximum absolute atomic E-state index is 3.70. The second kappa shape index (κ2) is 7.04. The normalized spacial score (nSPS) is 14.2. The minimum atomic E-state index is 0.144. The maximum atomic E-state index is 3.70. The van der Waals surface area contributed by atoms with Crippen molar-refractivity contribution in [2.75, 3.05) is 20.6 Å². The van der Waals surface area contributed by atoms with E-state index in [0.717, 1.165) is 13.0 Å². The van der Waals surface area contributed by atoms with Gasteiger partial charge < -0.3 is 10.2 Å². The Morgan fingerprint density at radius 1 is 1.44 bits per heavy atom. The summed E-state index contributed by atoms with van der Waals surface area (Å²) in [6, 6.07) is 2.70. The molecule has 0 bridgehead atoms.